The van der Waals surface area contributed by atoms with Gasteiger partial charge in [-0.2, -0.15) is 0 Å². The standard InChI is InChI=1S/C17H16O2/c1-13(17(18)19)7-8-14-9-11-16(12-10-14)15-5-3-2-4-6-15/h2-13H,1H3,(H,18,19). The molecular formula is C17H16O2. The van der Waals surface area contributed by atoms with Crippen molar-refractivity contribution in [3.05, 3.63) is 66.2 Å². The number of carboxylic acids is 1. The number of carbonyl (C=O) groups is 1. The van der Waals surface area contributed by atoms with Crippen LogP contribution < -0.4 is 0 Å². The molecule has 1 N–H and O–H groups in total. The van der Waals surface area contributed by atoms with Crippen LogP contribution in [0.1, 0.15) is 12.5 Å². The highest BCUT2D eigenvalue weighted by molar-refractivity contribution is 5.73. The Bertz CT molecular complexity index is 568. The van der Waals surface area contributed by atoms with Crippen molar-refractivity contribution in [2.45, 2.75) is 6.92 Å². The third-order valence-corrected chi connectivity index (χ3v) is 2.98. The molecule has 0 spiro atoms. The summed E-state index contributed by atoms with van der Waals surface area (Å²) in [5.41, 5.74) is 3.34. The summed E-state index contributed by atoms with van der Waals surface area (Å²) in [6.45, 7) is 1.66. The molecule has 0 radical (unpaired) electrons. The van der Waals surface area contributed by atoms with Crippen LogP contribution in [0.15, 0.2) is 60.7 Å². The highest BCUT2D eigenvalue weighted by Crippen LogP contribution is 2.19. The van der Waals surface area contributed by atoms with Crippen LogP contribution in [0.5, 0.6) is 0 Å². The molecule has 0 aliphatic rings. The lowest BCUT2D eigenvalue weighted by molar-refractivity contribution is -0.139. The van der Waals surface area contributed by atoms with Crippen LogP contribution in [0, 0.1) is 5.92 Å². The molecule has 0 aliphatic heterocycles. The van der Waals surface area contributed by atoms with E-state index in [9.17, 15) is 4.79 Å². The van der Waals surface area contributed by atoms with Gasteiger partial charge in [-0.1, -0.05) is 66.7 Å². The van der Waals surface area contributed by atoms with E-state index in [0.717, 1.165) is 11.1 Å². The minimum absolute atomic E-state index is 0.464. The molecule has 2 rings (SSSR count). The van der Waals surface area contributed by atoms with Crippen LogP contribution in [0.25, 0.3) is 17.2 Å². The quantitative estimate of drug-likeness (QED) is 0.890. The largest absolute Gasteiger partial charge is 0.481 e. The van der Waals surface area contributed by atoms with Gasteiger partial charge in [0.1, 0.15) is 0 Å². The summed E-state index contributed by atoms with van der Waals surface area (Å²) in [4.78, 5) is 10.7. The number of carboxylic acid groups (broad SMARTS) is 1. The van der Waals surface area contributed by atoms with E-state index in [0.29, 0.717) is 0 Å². The Hall–Kier alpha value is -2.35. The zero-order valence-electron chi connectivity index (χ0n) is 10.8. The molecule has 0 saturated heterocycles. The first-order chi connectivity index (χ1) is 9.16. The van der Waals surface area contributed by atoms with Crippen LogP contribution in [-0.2, 0) is 4.79 Å². The zero-order valence-corrected chi connectivity index (χ0v) is 10.8. The van der Waals surface area contributed by atoms with Gasteiger partial charge in [-0.05, 0) is 23.6 Å². The molecule has 0 amide bonds. The summed E-state index contributed by atoms with van der Waals surface area (Å²) < 4.78 is 0. The Kier molecular flexibility index (Phi) is 4.14. The lowest BCUT2D eigenvalue weighted by Crippen LogP contribution is -2.05. The summed E-state index contributed by atoms with van der Waals surface area (Å²) in [7, 11) is 0. The molecule has 96 valence electrons. The van der Waals surface area contributed by atoms with Crippen molar-refractivity contribution in [3.63, 3.8) is 0 Å². The molecule has 2 heteroatoms. The molecule has 0 saturated carbocycles. The molecule has 0 fully saturated rings. The van der Waals surface area contributed by atoms with Crippen LogP contribution in [0.4, 0.5) is 0 Å². The fourth-order valence-electron chi connectivity index (χ4n) is 1.76. The fraction of sp³-hybridized carbons (Fsp3) is 0.118. The third kappa shape index (κ3) is 3.55. The predicted molar refractivity (Wildman–Crippen MR) is 77.7 cm³/mol. The molecule has 0 bridgehead atoms. The van der Waals surface area contributed by atoms with Crippen LogP contribution in [0.2, 0.25) is 0 Å². The average Bonchev–Trinajstić information content (AvgIpc) is 2.46. The van der Waals surface area contributed by atoms with E-state index in [1.54, 1.807) is 13.0 Å². The van der Waals surface area contributed by atoms with Crippen molar-refractivity contribution in [1.29, 1.82) is 0 Å². The lowest BCUT2D eigenvalue weighted by atomic mass is 10.0. The zero-order chi connectivity index (χ0) is 13.7. The number of hydrogen-bond donors (Lipinski definition) is 1. The van der Waals surface area contributed by atoms with Gasteiger partial charge in [-0.3, -0.25) is 4.79 Å². The minimum atomic E-state index is -0.808. The summed E-state index contributed by atoms with van der Waals surface area (Å²) in [6.07, 6.45) is 3.54. The van der Waals surface area contributed by atoms with E-state index >= 15 is 0 Å². The van der Waals surface area contributed by atoms with Gasteiger partial charge in [0.15, 0.2) is 0 Å². The maximum absolute atomic E-state index is 10.7. The van der Waals surface area contributed by atoms with Gasteiger partial charge in [0.05, 0.1) is 5.92 Å². The Labute approximate surface area is 113 Å². The third-order valence-electron chi connectivity index (χ3n) is 2.98. The van der Waals surface area contributed by atoms with Gasteiger partial charge in [0.2, 0.25) is 0 Å². The van der Waals surface area contributed by atoms with E-state index in [1.807, 2.05) is 48.5 Å². The van der Waals surface area contributed by atoms with E-state index in [2.05, 4.69) is 12.1 Å². The molecular weight excluding hydrogens is 236 g/mol. The molecule has 1 unspecified atom stereocenters. The van der Waals surface area contributed by atoms with Crippen molar-refractivity contribution in [3.8, 4) is 11.1 Å². The monoisotopic (exact) mass is 252 g/mol. The van der Waals surface area contributed by atoms with Crippen molar-refractivity contribution >= 4 is 12.0 Å². The van der Waals surface area contributed by atoms with E-state index in [1.165, 1.54) is 5.56 Å². The van der Waals surface area contributed by atoms with Crippen LogP contribution in [-0.4, -0.2) is 11.1 Å². The Morgan fingerprint density at radius 2 is 1.58 bits per heavy atom. The second-order valence-corrected chi connectivity index (χ2v) is 4.47. The summed E-state index contributed by atoms with van der Waals surface area (Å²) in [5.74, 6) is -1.27. The first-order valence-electron chi connectivity index (χ1n) is 6.23. The maximum atomic E-state index is 10.7. The first-order valence-corrected chi connectivity index (χ1v) is 6.23. The molecule has 0 aromatic heterocycles. The van der Waals surface area contributed by atoms with E-state index in [-0.39, 0.29) is 0 Å². The number of aliphatic carboxylic acids is 1. The average molecular weight is 252 g/mol. The van der Waals surface area contributed by atoms with E-state index < -0.39 is 11.9 Å². The summed E-state index contributed by atoms with van der Waals surface area (Å²) in [5, 5.41) is 8.80. The lowest BCUT2D eigenvalue weighted by Gasteiger charge is -2.02. The van der Waals surface area contributed by atoms with Gasteiger partial charge in [0, 0.05) is 0 Å². The topological polar surface area (TPSA) is 37.3 Å². The Balaban J connectivity index is 2.13. The molecule has 0 heterocycles. The molecule has 0 aliphatic carbocycles. The van der Waals surface area contributed by atoms with E-state index in [4.69, 9.17) is 5.11 Å². The number of benzene rings is 2. The van der Waals surface area contributed by atoms with Gasteiger partial charge >= 0.3 is 5.97 Å². The number of rotatable bonds is 4. The Morgan fingerprint density at radius 1 is 1.00 bits per heavy atom. The van der Waals surface area contributed by atoms with Crippen molar-refractivity contribution in [2.75, 3.05) is 0 Å². The second kappa shape index (κ2) is 6.01. The molecule has 2 aromatic carbocycles. The summed E-state index contributed by atoms with van der Waals surface area (Å²) in [6, 6.07) is 18.2. The minimum Gasteiger partial charge on any atom is -0.481 e. The highest BCUT2D eigenvalue weighted by Gasteiger charge is 2.05. The summed E-state index contributed by atoms with van der Waals surface area (Å²) >= 11 is 0. The van der Waals surface area contributed by atoms with Crippen molar-refractivity contribution in [1.82, 2.24) is 0 Å². The molecule has 2 nitrogen and oxygen atoms in total. The maximum Gasteiger partial charge on any atom is 0.310 e. The van der Waals surface area contributed by atoms with Crippen LogP contribution in [0.3, 0.4) is 0 Å². The molecule has 19 heavy (non-hydrogen) atoms. The van der Waals surface area contributed by atoms with Crippen LogP contribution >= 0.6 is 0 Å². The Morgan fingerprint density at radius 3 is 2.16 bits per heavy atom. The first kappa shape index (κ1) is 13.1. The van der Waals surface area contributed by atoms with Crippen molar-refractivity contribution in [2.24, 2.45) is 5.92 Å². The van der Waals surface area contributed by atoms with Crippen molar-refractivity contribution < 1.29 is 9.90 Å². The predicted octanol–water partition coefficient (Wildman–Crippen LogP) is 4.09. The fourth-order valence-corrected chi connectivity index (χ4v) is 1.76. The highest BCUT2D eigenvalue weighted by atomic mass is 16.4. The second-order valence-electron chi connectivity index (χ2n) is 4.47. The van der Waals surface area contributed by atoms with Gasteiger partial charge in [0.25, 0.3) is 0 Å². The van der Waals surface area contributed by atoms with Gasteiger partial charge in [-0.25, -0.2) is 0 Å². The smallest absolute Gasteiger partial charge is 0.310 e. The SMILES string of the molecule is CC(C=Cc1ccc(-c2ccccc2)cc1)C(=O)O. The van der Waals surface area contributed by atoms with Gasteiger partial charge in [-0.15, -0.1) is 0 Å². The van der Waals surface area contributed by atoms with Gasteiger partial charge < -0.3 is 5.11 Å². The molecule has 1 atom stereocenters. The normalized spacial score (nSPS) is 12.5. The number of hydrogen-bond acceptors (Lipinski definition) is 1. The molecule has 2 aromatic rings.